The van der Waals surface area contributed by atoms with Gasteiger partial charge in [-0.3, -0.25) is 9.48 Å². The van der Waals surface area contributed by atoms with Gasteiger partial charge < -0.3 is 14.4 Å². The molecule has 1 N–H and O–H groups in total. The lowest BCUT2D eigenvalue weighted by Gasteiger charge is -1.98. The van der Waals surface area contributed by atoms with Crippen molar-refractivity contribution in [2.75, 3.05) is 0 Å². The Kier molecular flexibility index (Phi) is 4.41. The smallest absolute Gasteiger partial charge is 0.273 e. The molecule has 126 valence electrons. The van der Waals surface area contributed by atoms with E-state index in [-0.39, 0.29) is 18.1 Å². The second kappa shape index (κ2) is 6.65. The second-order valence-corrected chi connectivity index (χ2v) is 5.18. The first-order chi connectivity index (χ1) is 11.6. The van der Waals surface area contributed by atoms with Crippen LogP contribution in [0, 0.1) is 6.92 Å². The number of rotatable bonds is 6. The molecule has 9 nitrogen and oxygen atoms in total. The Morgan fingerprint density at radius 3 is 2.79 bits per heavy atom. The Hall–Kier alpha value is -2.97. The minimum absolute atomic E-state index is 0.164. The van der Waals surface area contributed by atoms with Crippen LogP contribution in [0.15, 0.2) is 21.3 Å². The summed E-state index contributed by atoms with van der Waals surface area (Å²) >= 11 is 0. The molecule has 3 rings (SSSR count). The third-order valence-electron chi connectivity index (χ3n) is 3.63. The van der Waals surface area contributed by atoms with E-state index in [0.717, 1.165) is 17.8 Å². The second-order valence-electron chi connectivity index (χ2n) is 5.18. The summed E-state index contributed by atoms with van der Waals surface area (Å²) in [5, 5.41) is 14.5. The molecule has 0 radical (unpaired) electrons. The lowest BCUT2D eigenvalue weighted by atomic mass is 10.2. The van der Waals surface area contributed by atoms with E-state index in [9.17, 15) is 4.79 Å². The van der Waals surface area contributed by atoms with Crippen molar-refractivity contribution in [3.05, 3.63) is 35.4 Å². The molecule has 3 aromatic heterocycles. The van der Waals surface area contributed by atoms with Crippen molar-refractivity contribution < 1.29 is 13.8 Å². The SMILES string of the molecule is CCc1nc(CNC(=O)c2cc(-c3cnn(CC)c3C)on2)no1. The average molecular weight is 330 g/mol. The number of nitrogens with one attached hydrogen (secondary N) is 1. The summed E-state index contributed by atoms with van der Waals surface area (Å²) in [6, 6.07) is 1.59. The first kappa shape index (κ1) is 15.9. The summed E-state index contributed by atoms with van der Waals surface area (Å²) in [5.41, 5.74) is 1.96. The number of hydrogen-bond acceptors (Lipinski definition) is 7. The van der Waals surface area contributed by atoms with Crippen molar-refractivity contribution in [1.82, 2.24) is 30.4 Å². The van der Waals surface area contributed by atoms with E-state index >= 15 is 0 Å². The maximum atomic E-state index is 12.1. The summed E-state index contributed by atoms with van der Waals surface area (Å²) < 4.78 is 12.1. The van der Waals surface area contributed by atoms with Crippen LogP contribution in [0.1, 0.15) is 41.7 Å². The fourth-order valence-electron chi connectivity index (χ4n) is 2.27. The van der Waals surface area contributed by atoms with Gasteiger partial charge in [0.05, 0.1) is 18.3 Å². The lowest BCUT2D eigenvalue weighted by Crippen LogP contribution is -2.23. The zero-order chi connectivity index (χ0) is 17.1. The molecule has 0 aliphatic rings. The van der Waals surface area contributed by atoms with E-state index in [1.54, 1.807) is 12.3 Å². The summed E-state index contributed by atoms with van der Waals surface area (Å²) in [5.74, 6) is 1.09. The molecule has 0 unspecified atom stereocenters. The Bertz CT molecular complexity index is 847. The van der Waals surface area contributed by atoms with Gasteiger partial charge in [0, 0.05) is 24.7 Å². The molecule has 0 saturated carbocycles. The normalized spacial score (nSPS) is 11.0. The molecular weight excluding hydrogens is 312 g/mol. The van der Waals surface area contributed by atoms with Crippen LogP contribution in [0.25, 0.3) is 11.3 Å². The van der Waals surface area contributed by atoms with E-state index in [0.29, 0.717) is 23.9 Å². The van der Waals surface area contributed by atoms with Gasteiger partial charge in [-0.05, 0) is 13.8 Å². The molecule has 0 atom stereocenters. The summed E-state index contributed by atoms with van der Waals surface area (Å²) in [6.45, 7) is 6.78. The maximum Gasteiger partial charge on any atom is 0.273 e. The summed E-state index contributed by atoms with van der Waals surface area (Å²) in [4.78, 5) is 16.3. The Morgan fingerprint density at radius 2 is 2.12 bits per heavy atom. The molecule has 1 amide bonds. The molecule has 0 aromatic carbocycles. The minimum atomic E-state index is -0.367. The van der Waals surface area contributed by atoms with Crippen LogP contribution in [0.5, 0.6) is 0 Å². The van der Waals surface area contributed by atoms with Gasteiger partial charge >= 0.3 is 0 Å². The minimum Gasteiger partial charge on any atom is -0.355 e. The number of carbonyl (C=O) groups is 1. The summed E-state index contributed by atoms with van der Waals surface area (Å²) in [6.07, 6.45) is 2.35. The predicted octanol–water partition coefficient (Wildman–Crippen LogP) is 1.74. The van der Waals surface area contributed by atoms with Crippen LogP contribution in [0.3, 0.4) is 0 Å². The van der Waals surface area contributed by atoms with E-state index in [1.165, 1.54) is 0 Å². The number of aryl methyl sites for hydroxylation is 2. The van der Waals surface area contributed by atoms with Crippen molar-refractivity contribution in [2.24, 2.45) is 0 Å². The third-order valence-corrected chi connectivity index (χ3v) is 3.63. The highest BCUT2D eigenvalue weighted by molar-refractivity contribution is 5.93. The Morgan fingerprint density at radius 1 is 1.29 bits per heavy atom. The standard InChI is InChI=1S/C15H18N6O3/c1-4-14-18-13(20-24-14)8-16-15(22)11-6-12(23-19-11)10-7-17-21(5-2)9(10)3/h6-7H,4-5,8H2,1-3H3,(H,16,22). The fourth-order valence-corrected chi connectivity index (χ4v) is 2.27. The highest BCUT2D eigenvalue weighted by atomic mass is 16.5. The first-order valence-electron chi connectivity index (χ1n) is 7.71. The molecule has 3 heterocycles. The molecule has 0 bridgehead atoms. The van der Waals surface area contributed by atoms with Crippen LogP contribution in [0.4, 0.5) is 0 Å². The highest BCUT2D eigenvalue weighted by Gasteiger charge is 2.17. The predicted molar refractivity (Wildman–Crippen MR) is 83.0 cm³/mol. The zero-order valence-corrected chi connectivity index (χ0v) is 13.7. The van der Waals surface area contributed by atoms with E-state index in [1.807, 2.05) is 25.5 Å². The monoisotopic (exact) mass is 330 g/mol. The molecule has 9 heteroatoms. The number of nitrogens with zero attached hydrogens (tertiary/aromatic N) is 5. The number of carbonyl (C=O) groups excluding carboxylic acids is 1. The van der Waals surface area contributed by atoms with Gasteiger partial charge in [0.15, 0.2) is 17.3 Å². The van der Waals surface area contributed by atoms with Crippen LogP contribution >= 0.6 is 0 Å². The van der Waals surface area contributed by atoms with Gasteiger partial charge in [-0.2, -0.15) is 10.1 Å². The number of aromatic nitrogens is 5. The molecule has 0 saturated heterocycles. The van der Waals surface area contributed by atoms with Gasteiger partial charge in [-0.1, -0.05) is 17.2 Å². The molecule has 0 aliphatic carbocycles. The Labute approximate surface area is 138 Å². The number of amides is 1. The molecule has 3 aromatic rings. The third kappa shape index (κ3) is 3.05. The van der Waals surface area contributed by atoms with Crippen molar-refractivity contribution in [3.8, 4) is 11.3 Å². The maximum absolute atomic E-state index is 12.1. The van der Waals surface area contributed by atoms with E-state index in [2.05, 4.69) is 25.7 Å². The quantitative estimate of drug-likeness (QED) is 0.732. The van der Waals surface area contributed by atoms with Gasteiger partial charge in [0.2, 0.25) is 5.89 Å². The number of hydrogen-bond donors (Lipinski definition) is 1. The van der Waals surface area contributed by atoms with Crippen molar-refractivity contribution >= 4 is 5.91 Å². The molecule has 24 heavy (non-hydrogen) atoms. The van der Waals surface area contributed by atoms with Gasteiger partial charge in [0.1, 0.15) is 0 Å². The molecule has 0 aliphatic heterocycles. The van der Waals surface area contributed by atoms with Crippen LogP contribution < -0.4 is 5.32 Å². The zero-order valence-electron chi connectivity index (χ0n) is 13.7. The van der Waals surface area contributed by atoms with Crippen molar-refractivity contribution in [1.29, 1.82) is 0 Å². The van der Waals surface area contributed by atoms with Crippen molar-refractivity contribution in [2.45, 2.75) is 40.3 Å². The fraction of sp³-hybridized carbons (Fsp3) is 0.400. The van der Waals surface area contributed by atoms with E-state index in [4.69, 9.17) is 9.05 Å². The van der Waals surface area contributed by atoms with Crippen LogP contribution in [-0.2, 0) is 19.5 Å². The average Bonchev–Trinajstić information content (AvgIpc) is 3.31. The van der Waals surface area contributed by atoms with E-state index < -0.39 is 0 Å². The summed E-state index contributed by atoms with van der Waals surface area (Å²) in [7, 11) is 0. The first-order valence-corrected chi connectivity index (χ1v) is 7.71. The van der Waals surface area contributed by atoms with Crippen LogP contribution in [-0.4, -0.2) is 31.0 Å². The Balaban J connectivity index is 1.68. The largest absolute Gasteiger partial charge is 0.355 e. The van der Waals surface area contributed by atoms with Crippen LogP contribution in [0.2, 0.25) is 0 Å². The van der Waals surface area contributed by atoms with Gasteiger partial charge in [-0.15, -0.1) is 0 Å². The van der Waals surface area contributed by atoms with Crippen molar-refractivity contribution in [3.63, 3.8) is 0 Å². The topological polar surface area (TPSA) is 112 Å². The molecule has 0 spiro atoms. The molecule has 0 fully saturated rings. The molecular formula is C15H18N6O3. The highest BCUT2D eigenvalue weighted by Crippen LogP contribution is 2.23. The van der Waals surface area contributed by atoms with Gasteiger partial charge in [0.25, 0.3) is 5.91 Å². The lowest BCUT2D eigenvalue weighted by molar-refractivity contribution is 0.0940. The van der Waals surface area contributed by atoms with Gasteiger partial charge in [-0.25, -0.2) is 0 Å².